The van der Waals surface area contributed by atoms with Crippen molar-refractivity contribution in [3.63, 3.8) is 0 Å². The second-order valence-corrected chi connectivity index (χ2v) is 9.42. The van der Waals surface area contributed by atoms with Gasteiger partial charge in [-0.1, -0.05) is 37.9 Å². The summed E-state index contributed by atoms with van der Waals surface area (Å²) in [6, 6.07) is 5.63. The van der Waals surface area contributed by atoms with Crippen LogP contribution < -0.4 is 10.6 Å². The number of carbonyl (C=O) groups excluding carboxylic acids is 2. The van der Waals surface area contributed by atoms with Crippen LogP contribution in [0.3, 0.4) is 0 Å². The minimum atomic E-state index is -0.729. The second-order valence-electron chi connectivity index (χ2n) is 7.65. The number of aliphatic imine (C=N–C) groups is 1. The van der Waals surface area contributed by atoms with E-state index >= 15 is 0 Å². The third kappa shape index (κ3) is 10.3. The van der Waals surface area contributed by atoms with Gasteiger partial charge in [0.2, 0.25) is 5.96 Å². The Hall–Kier alpha value is -1.61. The lowest BCUT2D eigenvalue weighted by atomic mass is 10.2. The third-order valence-electron chi connectivity index (χ3n) is 2.66. The molecule has 1 aromatic carbocycles. The first-order valence-corrected chi connectivity index (χ1v) is 9.82. The zero-order valence-corrected chi connectivity index (χ0v) is 19.4. The molecule has 0 saturated carbocycles. The summed E-state index contributed by atoms with van der Waals surface area (Å²) >= 11 is 6.84. The summed E-state index contributed by atoms with van der Waals surface area (Å²) < 4.78 is 12.2. The average Bonchev–Trinajstić information content (AvgIpc) is 2.41. The molecular weight excluding hydrogens is 482 g/mol. The van der Waals surface area contributed by atoms with Gasteiger partial charge in [-0.2, -0.15) is 0 Å². The first kappa shape index (κ1) is 23.4. The van der Waals surface area contributed by atoms with Crippen LogP contribution in [0.25, 0.3) is 0 Å². The van der Waals surface area contributed by atoms with E-state index in [1.807, 2.05) is 18.2 Å². The van der Waals surface area contributed by atoms with Crippen molar-refractivity contribution in [3.8, 4) is 0 Å². The van der Waals surface area contributed by atoms with E-state index in [-0.39, 0.29) is 12.5 Å². The number of ether oxygens (including phenoxy) is 2. The number of amides is 2. The summed E-state index contributed by atoms with van der Waals surface area (Å²) in [6.07, 6.45) is -1.46. The second kappa shape index (κ2) is 9.54. The van der Waals surface area contributed by atoms with Crippen molar-refractivity contribution in [1.82, 2.24) is 10.6 Å². The van der Waals surface area contributed by atoms with Crippen LogP contribution >= 0.6 is 31.9 Å². The zero-order valence-electron chi connectivity index (χ0n) is 16.3. The molecule has 0 aliphatic rings. The Labute approximate surface area is 176 Å². The minimum absolute atomic E-state index is 0.0617. The van der Waals surface area contributed by atoms with Crippen LogP contribution in [0.5, 0.6) is 0 Å². The summed E-state index contributed by atoms with van der Waals surface area (Å²) in [5, 5.41) is 4.89. The smallest absolute Gasteiger partial charge is 0.414 e. The van der Waals surface area contributed by atoms with Gasteiger partial charge in [0.1, 0.15) is 11.2 Å². The van der Waals surface area contributed by atoms with Crippen molar-refractivity contribution in [3.05, 3.63) is 32.7 Å². The number of nitrogens with zero attached hydrogens (tertiary/aromatic N) is 1. The molecule has 0 aromatic heterocycles. The van der Waals surface area contributed by atoms with Gasteiger partial charge in [-0.05, 0) is 59.2 Å². The van der Waals surface area contributed by atoms with Gasteiger partial charge >= 0.3 is 12.2 Å². The van der Waals surface area contributed by atoms with Crippen LogP contribution in [0, 0.1) is 0 Å². The largest absolute Gasteiger partial charge is 0.444 e. The molecule has 1 aromatic rings. The predicted octanol–water partition coefficient (Wildman–Crippen LogP) is 5.12. The van der Waals surface area contributed by atoms with Crippen LogP contribution in [0.4, 0.5) is 9.59 Å². The van der Waals surface area contributed by atoms with Gasteiger partial charge in [-0.15, -0.1) is 0 Å². The first-order chi connectivity index (χ1) is 12.2. The molecule has 0 radical (unpaired) electrons. The van der Waals surface area contributed by atoms with Gasteiger partial charge in [0, 0.05) is 8.95 Å². The Kier molecular flexibility index (Phi) is 8.28. The predicted molar refractivity (Wildman–Crippen MR) is 112 cm³/mol. The van der Waals surface area contributed by atoms with Gasteiger partial charge in [0.05, 0.1) is 6.54 Å². The van der Waals surface area contributed by atoms with E-state index in [0.29, 0.717) is 0 Å². The molecule has 0 saturated heterocycles. The molecule has 2 amide bonds. The Morgan fingerprint density at radius 1 is 0.963 bits per heavy atom. The van der Waals surface area contributed by atoms with Gasteiger partial charge in [0.15, 0.2) is 0 Å². The Morgan fingerprint density at radius 3 is 1.85 bits per heavy atom. The number of hydrogen-bond acceptors (Lipinski definition) is 5. The Morgan fingerprint density at radius 2 is 1.44 bits per heavy atom. The number of rotatable bonds is 2. The van der Waals surface area contributed by atoms with Crippen LogP contribution in [0.2, 0.25) is 0 Å². The van der Waals surface area contributed by atoms with E-state index in [2.05, 4.69) is 47.5 Å². The van der Waals surface area contributed by atoms with E-state index in [1.54, 1.807) is 41.5 Å². The highest BCUT2D eigenvalue weighted by Gasteiger charge is 2.21. The average molecular weight is 507 g/mol. The molecule has 1 rings (SSSR count). The molecule has 0 atom stereocenters. The number of carbonyl (C=O) groups is 2. The molecule has 150 valence electrons. The number of hydrogen-bond donors (Lipinski definition) is 2. The van der Waals surface area contributed by atoms with Crippen LogP contribution in [0.1, 0.15) is 47.1 Å². The molecule has 0 fully saturated rings. The maximum atomic E-state index is 12.0. The van der Waals surface area contributed by atoms with Crippen molar-refractivity contribution in [2.75, 3.05) is 0 Å². The summed E-state index contributed by atoms with van der Waals surface area (Å²) in [6.45, 7) is 10.7. The molecule has 0 heterocycles. The maximum Gasteiger partial charge on any atom is 0.414 e. The van der Waals surface area contributed by atoms with E-state index in [4.69, 9.17) is 9.47 Å². The van der Waals surface area contributed by atoms with Gasteiger partial charge < -0.3 is 9.47 Å². The summed E-state index contributed by atoms with van der Waals surface area (Å²) in [7, 11) is 0. The lowest BCUT2D eigenvalue weighted by Gasteiger charge is -2.22. The summed E-state index contributed by atoms with van der Waals surface area (Å²) in [4.78, 5) is 28.3. The van der Waals surface area contributed by atoms with Crippen LogP contribution in [0.15, 0.2) is 32.1 Å². The van der Waals surface area contributed by atoms with Crippen LogP contribution in [-0.4, -0.2) is 29.3 Å². The van der Waals surface area contributed by atoms with E-state index in [9.17, 15) is 9.59 Å². The zero-order chi connectivity index (χ0) is 20.8. The topological polar surface area (TPSA) is 89.0 Å². The molecule has 7 nitrogen and oxygen atoms in total. The molecular formula is C18H25Br2N3O4. The normalized spacial score (nSPS) is 11.4. The number of benzene rings is 1. The fraction of sp³-hybridized carbons (Fsp3) is 0.500. The van der Waals surface area contributed by atoms with Gasteiger partial charge in [-0.25, -0.2) is 14.6 Å². The number of guanidine groups is 1. The van der Waals surface area contributed by atoms with Crippen molar-refractivity contribution in [2.24, 2.45) is 4.99 Å². The Balaban J connectivity index is 2.94. The van der Waals surface area contributed by atoms with Gasteiger partial charge in [-0.3, -0.25) is 10.6 Å². The number of alkyl carbamates (subject to hydrolysis) is 2. The molecule has 0 unspecified atom stereocenters. The maximum absolute atomic E-state index is 12.0. The molecule has 0 aliphatic heterocycles. The highest BCUT2D eigenvalue weighted by molar-refractivity contribution is 9.11. The summed E-state index contributed by atoms with van der Waals surface area (Å²) in [5.41, 5.74) is -0.501. The van der Waals surface area contributed by atoms with Crippen molar-refractivity contribution in [2.45, 2.75) is 59.3 Å². The first-order valence-electron chi connectivity index (χ1n) is 8.23. The van der Waals surface area contributed by atoms with E-state index in [1.165, 1.54) is 0 Å². The molecule has 9 heteroatoms. The fourth-order valence-corrected chi connectivity index (χ4v) is 2.90. The molecule has 0 aliphatic carbocycles. The molecule has 0 spiro atoms. The van der Waals surface area contributed by atoms with Crippen molar-refractivity contribution < 1.29 is 19.1 Å². The minimum Gasteiger partial charge on any atom is -0.444 e. The van der Waals surface area contributed by atoms with Crippen molar-refractivity contribution >= 4 is 50.0 Å². The number of halogens is 2. The lowest BCUT2D eigenvalue weighted by Crippen LogP contribution is -2.47. The van der Waals surface area contributed by atoms with Gasteiger partial charge in [0.25, 0.3) is 0 Å². The molecule has 0 bridgehead atoms. The Bertz CT molecular complexity index is 690. The standard InChI is InChI=1S/C18H25Br2N3O4/c1-17(2,3)26-15(24)22-14(23-16(25)27-18(4,5)6)21-10-11-7-8-12(19)9-13(11)20/h7-9H,10H2,1-6H3,(H2,21,22,23,24,25). The summed E-state index contributed by atoms with van der Waals surface area (Å²) in [5.74, 6) is -0.0617. The third-order valence-corrected chi connectivity index (χ3v) is 3.89. The highest BCUT2D eigenvalue weighted by atomic mass is 79.9. The van der Waals surface area contributed by atoms with E-state index in [0.717, 1.165) is 14.5 Å². The highest BCUT2D eigenvalue weighted by Crippen LogP contribution is 2.22. The lowest BCUT2D eigenvalue weighted by molar-refractivity contribution is 0.0545. The fourth-order valence-electron chi connectivity index (χ4n) is 1.73. The molecule has 27 heavy (non-hydrogen) atoms. The monoisotopic (exact) mass is 505 g/mol. The van der Waals surface area contributed by atoms with Crippen molar-refractivity contribution in [1.29, 1.82) is 0 Å². The quantitative estimate of drug-likeness (QED) is 0.430. The SMILES string of the molecule is CC(C)(C)OC(=O)NC(=NCc1ccc(Br)cc1Br)NC(=O)OC(C)(C)C. The van der Waals surface area contributed by atoms with Crippen LogP contribution in [-0.2, 0) is 16.0 Å². The molecule has 2 N–H and O–H groups in total. The van der Waals surface area contributed by atoms with E-state index < -0.39 is 23.4 Å². The number of nitrogens with one attached hydrogen (secondary N) is 2.